The highest BCUT2D eigenvalue weighted by Gasteiger charge is 2.36. The predicted octanol–water partition coefficient (Wildman–Crippen LogP) is 3.93. The first-order chi connectivity index (χ1) is 12.0. The number of nitrogens with zero attached hydrogens (tertiary/aromatic N) is 1. The van der Waals surface area contributed by atoms with Crippen molar-refractivity contribution in [2.75, 3.05) is 25.5 Å². The van der Waals surface area contributed by atoms with E-state index in [0.29, 0.717) is 11.0 Å². The summed E-state index contributed by atoms with van der Waals surface area (Å²) in [6, 6.07) is 5.34. The van der Waals surface area contributed by atoms with Gasteiger partial charge in [0.1, 0.15) is 0 Å². The fraction of sp³-hybridized carbons (Fsp3) is 0.600. The molecule has 0 atom stereocenters. The number of amides is 3. The highest BCUT2D eigenvalue weighted by Crippen LogP contribution is 2.44. The molecule has 1 aromatic carbocycles. The third-order valence-corrected chi connectivity index (χ3v) is 5.98. The summed E-state index contributed by atoms with van der Waals surface area (Å²) in [5, 5.41) is 5.62. The number of carbonyl (C=O) groups is 2. The van der Waals surface area contributed by atoms with E-state index in [0.717, 1.165) is 37.2 Å². The largest absolute Gasteiger partial charge is 0.355 e. The Morgan fingerprint density at radius 1 is 1.04 bits per heavy atom. The van der Waals surface area contributed by atoms with E-state index in [4.69, 9.17) is 0 Å². The van der Waals surface area contributed by atoms with E-state index in [1.54, 1.807) is 13.1 Å². The molecule has 1 aliphatic carbocycles. The Morgan fingerprint density at radius 2 is 1.72 bits per heavy atom. The number of urea groups is 1. The minimum absolute atomic E-state index is 0.0264. The van der Waals surface area contributed by atoms with Crippen LogP contribution in [0.25, 0.3) is 0 Å². The zero-order valence-corrected chi connectivity index (χ0v) is 15.4. The van der Waals surface area contributed by atoms with Crippen molar-refractivity contribution in [3.05, 3.63) is 29.3 Å². The Bertz CT molecular complexity index is 640. The number of anilines is 1. The standard InChI is InChI=1S/C20H29N3O2/c1-15-14-16(18(24)21-2)6-7-17(15)22-19(25)23-12-10-20(11-13-23)8-4-3-5-9-20/h6-7,14H,3-5,8-13H2,1-2H3,(H,21,24)(H,22,25). The smallest absolute Gasteiger partial charge is 0.321 e. The van der Waals surface area contributed by atoms with Crippen LogP contribution in [0, 0.1) is 12.3 Å². The zero-order valence-electron chi connectivity index (χ0n) is 15.4. The number of rotatable bonds is 2. The zero-order chi connectivity index (χ0) is 17.9. The minimum Gasteiger partial charge on any atom is -0.355 e. The molecule has 1 aromatic rings. The van der Waals surface area contributed by atoms with Gasteiger partial charge in [-0.2, -0.15) is 0 Å². The maximum Gasteiger partial charge on any atom is 0.321 e. The summed E-state index contributed by atoms with van der Waals surface area (Å²) in [7, 11) is 1.61. The SMILES string of the molecule is CNC(=O)c1ccc(NC(=O)N2CCC3(CCCCC3)CC2)c(C)c1. The van der Waals surface area contributed by atoms with Crippen LogP contribution in [0.1, 0.15) is 60.9 Å². The highest BCUT2D eigenvalue weighted by atomic mass is 16.2. The van der Waals surface area contributed by atoms with E-state index in [-0.39, 0.29) is 11.9 Å². The first-order valence-corrected chi connectivity index (χ1v) is 9.42. The molecule has 1 heterocycles. The fourth-order valence-electron chi connectivity index (χ4n) is 4.27. The van der Waals surface area contributed by atoms with Crippen molar-refractivity contribution >= 4 is 17.6 Å². The molecule has 1 aliphatic heterocycles. The summed E-state index contributed by atoms with van der Waals surface area (Å²) in [6.45, 7) is 3.61. The molecule has 3 amide bonds. The third-order valence-electron chi connectivity index (χ3n) is 5.98. The molecule has 2 N–H and O–H groups in total. The van der Waals surface area contributed by atoms with Crippen LogP contribution in [0.4, 0.5) is 10.5 Å². The van der Waals surface area contributed by atoms with Crippen LogP contribution in [0.2, 0.25) is 0 Å². The Hall–Kier alpha value is -2.04. The third kappa shape index (κ3) is 3.97. The van der Waals surface area contributed by atoms with Gasteiger partial charge in [-0.15, -0.1) is 0 Å². The van der Waals surface area contributed by atoms with Gasteiger partial charge in [-0.3, -0.25) is 4.79 Å². The molecule has 25 heavy (non-hydrogen) atoms. The monoisotopic (exact) mass is 343 g/mol. The number of carbonyl (C=O) groups excluding carboxylic acids is 2. The van der Waals surface area contributed by atoms with Crippen LogP contribution in [0.5, 0.6) is 0 Å². The van der Waals surface area contributed by atoms with E-state index in [9.17, 15) is 9.59 Å². The van der Waals surface area contributed by atoms with Crippen LogP contribution >= 0.6 is 0 Å². The van der Waals surface area contributed by atoms with Gasteiger partial charge in [-0.25, -0.2) is 4.79 Å². The summed E-state index contributed by atoms with van der Waals surface area (Å²) < 4.78 is 0. The lowest BCUT2D eigenvalue weighted by atomic mass is 9.68. The van der Waals surface area contributed by atoms with Crippen molar-refractivity contribution in [3.63, 3.8) is 0 Å². The molecule has 3 rings (SSSR count). The Balaban J connectivity index is 1.58. The van der Waals surface area contributed by atoms with E-state index < -0.39 is 0 Å². The number of hydrogen-bond donors (Lipinski definition) is 2. The lowest BCUT2D eigenvalue weighted by Crippen LogP contribution is -2.45. The van der Waals surface area contributed by atoms with Crippen LogP contribution < -0.4 is 10.6 Å². The minimum atomic E-state index is -0.116. The molecule has 2 fully saturated rings. The van der Waals surface area contributed by atoms with Gasteiger partial charge in [0.25, 0.3) is 5.91 Å². The number of aryl methyl sites for hydroxylation is 1. The van der Waals surface area contributed by atoms with Crippen LogP contribution in [0.3, 0.4) is 0 Å². The van der Waals surface area contributed by atoms with Gasteiger partial charge in [-0.1, -0.05) is 19.3 Å². The molecule has 1 saturated carbocycles. The van der Waals surface area contributed by atoms with Gasteiger partial charge in [0.2, 0.25) is 0 Å². The van der Waals surface area contributed by atoms with Crippen molar-refractivity contribution in [2.24, 2.45) is 5.41 Å². The molecular weight excluding hydrogens is 314 g/mol. The molecule has 0 bridgehead atoms. The van der Waals surface area contributed by atoms with Crippen LogP contribution in [-0.2, 0) is 0 Å². The van der Waals surface area contributed by atoms with E-state index in [2.05, 4.69) is 10.6 Å². The molecule has 1 spiro atoms. The number of benzene rings is 1. The van der Waals surface area contributed by atoms with E-state index in [1.165, 1.54) is 32.1 Å². The fourth-order valence-corrected chi connectivity index (χ4v) is 4.27. The van der Waals surface area contributed by atoms with Crippen molar-refractivity contribution in [1.29, 1.82) is 0 Å². The maximum absolute atomic E-state index is 12.6. The van der Waals surface area contributed by atoms with Gasteiger partial charge in [-0.05, 0) is 61.8 Å². The van der Waals surface area contributed by atoms with Gasteiger partial charge in [0.15, 0.2) is 0 Å². The summed E-state index contributed by atoms with van der Waals surface area (Å²) in [4.78, 5) is 26.2. The lowest BCUT2D eigenvalue weighted by molar-refractivity contribution is 0.0849. The second-order valence-corrected chi connectivity index (χ2v) is 7.59. The maximum atomic E-state index is 12.6. The normalized spacial score (nSPS) is 19.5. The predicted molar refractivity (Wildman–Crippen MR) is 99.9 cm³/mol. The van der Waals surface area contributed by atoms with Gasteiger partial charge >= 0.3 is 6.03 Å². The number of hydrogen-bond acceptors (Lipinski definition) is 2. The average molecular weight is 343 g/mol. The summed E-state index contributed by atoms with van der Waals surface area (Å²) in [5.41, 5.74) is 2.78. The Labute approximate surface area is 150 Å². The van der Waals surface area contributed by atoms with E-state index in [1.807, 2.05) is 24.0 Å². The van der Waals surface area contributed by atoms with Crippen LogP contribution in [-0.4, -0.2) is 37.0 Å². The summed E-state index contributed by atoms with van der Waals surface area (Å²) >= 11 is 0. The molecule has 0 aromatic heterocycles. The molecule has 0 radical (unpaired) electrons. The van der Waals surface area contributed by atoms with Gasteiger partial charge in [0, 0.05) is 31.4 Å². The van der Waals surface area contributed by atoms with Crippen molar-refractivity contribution < 1.29 is 9.59 Å². The second-order valence-electron chi connectivity index (χ2n) is 7.59. The lowest BCUT2D eigenvalue weighted by Gasteiger charge is -2.44. The van der Waals surface area contributed by atoms with Crippen molar-refractivity contribution in [1.82, 2.24) is 10.2 Å². The van der Waals surface area contributed by atoms with Crippen molar-refractivity contribution in [3.8, 4) is 0 Å². The van der Waals surface area contributed by atoms with Gasteiger partial charge < -0.3 is 15.5 Å². The van der Waals surface area contributed by atoms with Gasteiger partial charge in [0.05, 0.1) is 0 Å². The average Bonchev–Trinajstić information content (AvgIpc) is 2.64. The molecule has 5 heteroatoms. The quantitative estimate of drug-likeness (QED) is 0.854. The summed E-state index contributed by atoms with van der Waals surface area (Å²) in [6.07, 6.45) is 9.01. The second kappa shape index (κ2) is 7.46. The first kappa shape index (κ1) is 17.8. The van der Waals surface area contributed by atoms with E-state index >= 15 is 0 Å². The molecule has 2 aliphatic rings. The van der Waals surface area contributed by atoms with Crippen molar-refractivity contribution in [2.45, 2.75) is 51.9 Å². The Morgan fingerprint density at radius 3 is 2.32 bits per heavy atom. The molecule has 5 nitrogen and oxygen atoms in total. The topological polar surface area (TPSA) is 61.4 Å². The number of nitrogens with one attached hydrogen (secondary N) is 2. The molecule has 0 unspecified atom stereocenters. The molecular formula is C20H29N3O2. The molecule has 1 saturated heterocycles. The molecule has 136 valence electrons. The first-order valence-electron chi connectivity index (χ1n) is 9.42. The summed E-state index contributed by atoms with van der Waals surface area (Å²) in [5.74, 6) is -0.116. The number of likely N-dealkylation sites (tertiary alicyclic amines) is 1. The highest BCUT2D eigenvalue weighted by molar-refractivity contribution is 5.96. The van der Waals surface area contributed by atoms with Crippen LogP contribution in [0.15, 0.2) is 18.2 Å². The Kier molecular flexibility index (Phi) is 5.30. The number of piperidine rings is 1.